The molecule has 1 fully saturated rings. The molecular formula is C12H18N2O. The molecule has 1 saturated carbocycles. The molecule has 82 valence electrons. The van der Waals surface area contributed by atoms with Crippen LogP contribution in [0, 0.1) is 0 Å². The number of rotatable bonds is 5. The van der Waals surface area contributed by atoms with Crippen LogP contribution in [-0.2, 0) is 0 Å². The smallest absolute Gasteiger partial charge is 0.123 e. The lowest BCUT2D eigenvalue weighted by Crippen LogP contribution is -2.30. The molecule has 1 aromatic carbocycles. The number of hydrogen-bond acceptors (Lipinski definition) is 3. The monoisotopic (exact) mass is 206 g/mol. The lowest BCUT2D eigenvalue weighted by atomic mass is 10.1. The van der Waals surface area contributed by atoms with Crippen molar-refractivity contribution >= 4 is 0 Å². The molecule has 15 heavy (non-hydrogen) atoms. The molecule has 1 aliphatic carbocycles. The Morgan fingerprint density at radius 3 is 2.80 bits per heavy atom. The second kappa shape index (κ2) is 4.64. The van der Waals surface area contributed by atoms with Gasteiger partial charge in [0.15, 0.2) is 0 Å². The first-order chi connectivity index (χ1) is 7.35. The van der Waals surface area contributed by atoms with Crippen LogP contribution in [0.2, 0.25) is 0 Å². The topological polar surface area (TPSA) is 47.3 Å². The van der Waals surface area contributed by atoms with Crippen LogP contribution in [0.5, 0.6) is 5.75 Å². The third-order valence-electron chi connectivity index (χ3n) is 2.76. The van der Waals surface area contributed by atoms with Crippen LogP contribution < -0.4 is 15.8 Å². The fraction of sp³-hybridized carbons (Fsp3) is 0.500. The number of nitrogens with one attached hydrogen (secondary N) is 1. The fourth-order valence-corrected chi connectivity index (χ4v) is 1.77. The van der Waals surface area contributed by atoms with Gasteiger partial charge in [0, 0.05) is 24.2 Å². The van der Waals surface area contributed by atoms with E-state index in [-0.39, 0.29) is 6.04 Å². The van der Waals surface area contributed by atoms with Crippen molar-refractivity contribution in [2.45, 2.75) is 24.9 Å². The highest BCUT2D eigenvalue weighted by Crippen LogP contribution is 2.28. The van der Waals surface area contributed by atoms with Crippen molar-refractivity contribution in [3.8, 4) is 5.75 Å². The second-order valence-electron chi connectivity index (χ2n) is 3.97. The Morgan fingerprint density at radius 1 is 1.47 bits per heavy atom. The molecule has 0 heterocycles. The lowest BCUT2D eigenvalue weighted by Gasteiger charge is -2.19. The lowest BCUT2D eigenvalue weighted by molar-refractivity contribution is 0.399. The summed E-state index contributed by atoms with van der Waals surface area (Å²) < 4.78 is 5.33. The van der Waals surface area contributed by atoms with Crippen LogP contribution in [0.15, 0.2) is 24.3 Å². The maximum Gasteiger partial charge on any atom is 0.123 e. The summed E-state index contributed by atoms with van der Waals surface area (Å²) in [6.45, 7) is 0.608. The van der Waals surface area contributed by atoms with Crippen molar-refractivity contribution in [1.82, 2.24) is 5.32 Å². The summed E-state index contributed by atoms with van der Waals surface area (Å²) in [5, 5.41) is 3.53. The molecule has 0 bridgehead atoms. The van der Waals surface area contributed by atoms with E-state index in [0.29, 0.717) is 12.6 Å². The van der Waals surface area contributed by atoms with Crippen molar-refractivity contribution in [2.24, 2.45) is 5.73 Å². The predicted molar refractivity (Wildman–Crippen MR) is 60.9 cm³/mol. The third-order valence-corrected chi connectivity index (χ3v) is 2.76. The van der Waals surface area contributed by atoms with Gasteiger partial charge in [-0.15, -0.1) is 0 Å². The van der Waals surface area contributed by atoms with Gasteiger partial charge in [-0.1, -0.05) is 18.2 Å². The summed E-state index contributed by atoms with van der Waals surface area (Å²) in [4.78, 5) is 0. The van der Waals surface area contributed by atoms with Crippen LogP contribution >= 0.6 is 0 Å². The first-order valence-corrected chi connectivity index (χ1v) is 5.44. The minimum atomic E-state index is 0.216. The zero-order valence-corrected chi connectivity index (χ0v) is 9.07. The molecule has 1 atom stereocenters. The van der Waals surface area contributed by atoms with Gasteiger partial charge in [0.05, 0.1) is 7.11 Å². The van der Waals surface area contributed by atoms with Crippen molar-refractivity contribution in [2.75, 3.05) is 13.7 Å². The molecule has 2 rings (SSSR count). The number of para-hydroxylation sites is 1. The normalized spacial score (nSPS) is 17.5. The van der Waals surface area contributed by atoms with Crippen molar-refractivity contribution < 1.29 is 4.74 Å². The van der Waals surface area contributed by atoms with Crippen LogP contribution in [-0.4, -0.2) is 19.7 Å². The summed E-state index contributed by atoms with van der Waals surface area (Å²) in [6, 6.07) is 8.93. The molecule has 0 aromatic heterocycles. The molecule has 0 radical (unpaired) electrons. The van der Waals surface area contributed by atoms with E-state index >= 15 is 0 Å². The Labute approximate surface area is 90.6 Å². The number of methoxy groups -OCH3 is 1. The Bertz CT molecular complexity index is 323. The second-order valence-corrected chi connectivity index (χ2v) is 3.97. The molecule has 3 heteroatoms. The Balaban J connectivity index is 2.15. The number of hydrogen-bond donors (Lipinski definition) is 2. The summed E-state index contributed by atoms with van der Waals surface area (Å²) in [5.74, 6) is 0.918. The summed E-state index contributed by atoms with van der Waals surface area (Å²) in [7, 11) is 1.70. The summed E-state index contributed by atoms with van der Waals surface area (Å²) in [5.41, 5.74) is 6.95. The molecule has 1 aromatic rings. The van der Waals surface area contributed by atoms with E-state index in [2.05, 4.69) is 11.4 Å². The van der Waals surface area contributed by atoms with E-state index in [0.717, 1.165) is 11.3 Å². The molecule has 0 amide bonds. The van der Waals surface area contributed by atoms with Gasteiger partial charge in [-0.2, -0.15) is 0 Å². The van der Waals surface area contributed by atoms with Gasteiger partial charge in [-0.05, 0) is 18.9 Å². The fourth-order valence-electron chi connectivity index (χ4n) is 1.77. The van der Waals surface area contributed by atoms with Crippen LogP contribution in [0.25, 0.3) is 0 Å². The van der Waals surface area contributed by atoms with E-state index in [1.165, 1.54) is 12.8 Å². The molecule has 0 spiro atoms. The molecule has 1 unspecified atom stereocenters. The maximum absolute atomic E-state index is 5.79. The van der Waals surface area contributed by atoms with E-state index in [9.17, 15) is 0 Å². The van der Waals surface area contributed by atoms with Gasteiger partial charge in [-0.3, -0.25) is 0 Å². The van der Waals surface area contributed by atoms with Gasteiger partial charge < -0.3 is 15.8 Å². The van der Waals surface area contributed by atoms with Crippen molar-refractivity contribution in [1.29, 1.82) is 0 Å². The highest BCUT2D eigenvalue weighted by Gasteiger charge is 2.25. The maximum atomic E-state index is 5.79. The van der Waals surface area contributed by atoms with E-state index in [1.807, 2.05) is 18.2 Å². The average Bonchev–Trinajstić information content (AvgIpc) is 3.10. The standard InChI is InChI=1S/C12H18N2O/c1-15-12-5-3-2-4-10(12)11(8-13)14-9-6-7-9/h2-5,9,11,14H,6-8,13H2,1H3. The minimum Gasteiger partial charge on any atom is -0.496 e. The first-order valence-electron chi connectivity index (χ1n) is 5.44. The van der Waals surface area contributed by atoms with E-state index < -0.39 is 0 Å². The SMILES string of the molecule is COc1ccccc1C(CN)NC1CC1. The number of benzene rings is 1. The largest absolute Gasteiger partial charge is 0.496 e. The van der Waals surface area contributed by atoms with E-state index in [1.54, 1.807) is 7.11 Å². The summed E-state index contributed by atoms with van der Waals surface area (Å²) >= 11 is 0. The van der Waals surface area contributed by atoms with Gasteiger partial charge >= 0.3 is 0 Å². The van der Waals surface area contributed by atoms with Crippen molar-refractivity contribution in [3.05, 3.63) is 29.8 Å². The van der Waals surface area contributed by atoms with Gasteiger partial charge in [0.1, 0.15) is 5.75 Å². The van der Waals surface area contributed by atoms with Crippen LogP contribution in [0.4, 0.5) is 0 Å². The van der Waals surface area contributed by atoms with Gasteiger partial charge in [-0.25, -0.2) is 0 Å². The number of ether oxygens (including phenoxy) is 1. The first kappa shape index (κ1) is 10.5. The predicted octanol–water partition coefficient (Wildman–Crippen LogP) is 1.45. The highest BCUT2D eigenvalue weighted by molar-refractivity contribution is 5.36. The third kappa shape index (κ3) is 2.49. The molecule has 3 N–H and O–H groups in total. The van der Waals surface area contributed by atoms with Crippen molar-refractivity contribution in [3.63, 3.8) is 0 Å². The van der Waals surface area contributed by atoms with Gasteiger partial charge in [0.25, 0.3) is 0 Å². The number of nitrogens with two attached hydrogens (primary N) is 1. The Morgan fingerprint density at radius 2 is 2.20 bits per heavy atom. The van der Waals surface area contributed by atoms with Crippen LogP contribution in [0.3, 0.4) is 0 Å². The zero-order valence-electron chi connectivity index (χ0n) is 9.07. The molecule has 3 nitrogen and oxygen atoms in total. The Kier molecular flexibility index (Phi) is 3.23. The quantitative estimate of drug-likeness (QED) is 0.766. The van der Waals surface area contributed by atoms with Crippen LogP contribution in [0.1, 0.15) is 24.4 Å². The molecule has 0 aliphatic heterocycles. The molecular weight excluding hydrogens is 188 g/mol. The minimum absolute atomic E-state index is 0.216. The molecule has 1 aliphatic rings. The van der Waals surface area contributed by atoms with Gasteiger partial charge in [0.2, 0.25) is 0 Å². The Hall–Kier alpha value is -1.06. The van der Waals surface area contributed by atoms with E-state index in [4.69, 9.17) is 10.5 Å². The zero-order chi connectivity index (χ0) is 10.7. The summed E-state index contributed by atoms with van der Waals surface area (Å²) in [6.07, 6.45) is 2.54. The molecule has 0 saturated heterocycles. The highest BCUT2D eigenvalue weighted by atomic mass is 16.5. The average molecular weight is 206 g/mol.